The molecule has 100 valence electrons. The summed E-state index contributed by atoms with van der Waals surface area (Å²) in [4.78, 5) is 23.8. The molecule has 2 rings (SSSR count). The average Bonchev–Trinajstić information content (AvgIpc) is 2.97. The van der Waals surface area contributed by atoms with Gasteiger partial charge in [0.2, 0.25) is 0 Å². The largest absolute Gasteiger partial charge is 0.462 e. The summed E-state index contributed by atoms with van der Waals surface area (Å²) >= 11 is 0. The van der Waals surface area contributed by atoms with E-state index in [1.165, 1.54) is 12.4 Å². The van der Waals surface area contributed by atoms with Crippen molar-refractivity contribution >= 4 is 17.7 Å². The lowest BCUT2D eigenvalue weighted by atomic mass is 10.2. The van der Waals surface area contributed by atoms with Gasteiger partial charge in [0.25, 0.3) is 5.91 Å². The van der Waals surface area contributed by atoms with E-state index in [2.05, 4.69) is 15.3 Å². The van der Waals surface area contributed by atoms with E-state index in [1.54, 1.807) is 13.8 Å². The molecule has 0 fully saturated rings. The van der Waals surface area contributed by atoms with Crippen molar-refractivity contribution in [3.63, 3.8) is 0 Å². The lowest BCUT2D eigenvalue weighted by Gasteiger charge is -2.02. The number of carbonyl (C=O) groups is 2. The number of H-pyrrole nitrogens is 1. The lowest BCUT2D eigenvalue weighted by Crippen LogP contribution is -2.17. The Morgan fingerprint density at radius 3 is 2.84 bits per heavy atom. The van der Waals surface area contributed by atoms with Crippen molar-refractivity contribution in [3.05, 3.63) is 29.2 Å². The number of aromatic amines is 1. The first-order valence-electron chi connectivity index (χ1n) is 5.62. The predicted molar refractivity (Wildman–Crippen MR) is 65.6 cm³/mol. The van der Waals surface area contributed by atoms with Crippen molar-refractivity contribution < 1.29 is 14.3 Å². The molecule has 0 saturated carbocycles. The standard InChI is InChI=1S/C11H13N5O3/c1-3-19-11(18)8-6(2)15-16(9(8)12)10(17)7-4-13-14-5-7/h4-5H,3,12H2,1-2H3,(H,13,14). The molecule has 0 spiro atoms. The molecular formula is C11H13N5O3. The smallest absolute Gasteiger partial charge is 0.343 e. The number of hydrogen-bond acceptors (Lipinski definition) is 6. The molecule has 0 aliphatic rings. The second-order valence-corrected chi connectivity index (χ2v) is 3.77. The van der Waals surface area contributed by atoms with Gasteiger partial charge in [0.05, 0.1) is 24.1 Å². The summed E-state index contributed by atoms with van der Waals surface area (Å²) in [7, 11) is 0. The van der Waals surface area contributed by atoms with Crippen molar-refractivity contribution in [1.29, 1.82) is 0 Å². The van der Waals surface area contributed by atoms with Gasteiger partial charge in [0.15, 0.2) is 0 Å². The molecule has 2 aromatic rings. The Labute approximate surface area is 108 Å². The van der Waals surface area contributed by atoms with Gasteiger partial charge < -0.3 is 10.5 Å². The number of nitrogen functional groups attached to an aromatic ring is 1. The fraction of sp³-hybridized carbons (Fsp3) is 0.273. The topological polar surface area (TPSA) is 116 Å². The van der Waals surface area contributed by atoms with Gasteiger partial charge in [-0.2, -0.15) is 14.9 Å². The van der Waals surface area contributed by atoms with Gasteiger partial charge in [-0.1, -0.05) is 0 Å². The molecule has 2 heterocycles. The zero-order valence-corrected chi connectivity index (χ0v) is 10.5. The minimum atomic E-state index is -0.594. The number of nitrogens with zero attached hydrogens (tertiary/aromatic N) is 3. The second-order valence-electron chi connectivity index (χ2n) is 3.77. The highest BCUT2D eigenvalue weighted by molar-refractivity contribution is 6.01. The van der Waals surface area contributed by atoms with Crippen molar-refractivity contribution in [2.45, 2.75) is 13.8 Å². The van der Waals surface area contributed by atoms with Crippen LogP contribution < -0.4 is 5.73 Å². The van der Waals surface area contributed by atoms with Crippen LogP contribution >= 0.6 is 0 Å². The minimum absolute atomic E-state index is 0.0397. The van der Waals surface area contributed by atoms with E-state index in [1.807, 2.05) is 0 Å². The van der Waals surface area contributed by atoms with Gasteiger partial charge in [0.1, 0.15) is 11.4 Å². The Kier molecular flexibility index (Phi) is 3.32. The first-order valence-corrected chi connectivity index (χ1v) is 5.62. The predicted octanol–water partition coefficient (Wildman–Crippen LogP) is 0.362. The van der Waals surface area contributed by atoms with Gasteiger partial charge >= 0.3 is 5.97 Å². The van der Waals surface area contributed by atoms with Crippen LogP contribution in [0.2, 0.25) is 0 Å². The van der Waals surface area contributed by atoms with Crippen LogP contribution in [-0.4, -0.2) is 38.5 Å². The maximum Gasteiger partial charge on any atom is 0.343 e. The second kappa shape index (κ2) is 4.92. The number of aromatic nitrogens is 4. The summed E-state index contributed by atoms with van der Waals surface area (Å²) in [6.07, 6.45) is 2.77. The van der Waals surface area contributed by atoms with Crippen LogP contribution in [0.3, 0.4) is 0 Å². The number of nitrogens with one attached hydrogen (secondary N) is 1. The number of hydrogen-bond donors (Lipinski definition) is 2. The minimum Gasteiger partial charge on any atom is -0.462 e. The number of carbonyl (C=O) groups excluding carboxylic acids is 2. The molecule has 8 nitrogen and oxygen atoms in total. The van der Waals surface area contributed by atoms with Crippen molar-refractivity contribution in [2.24, 2.45) is 0 Å². The van der Waals surface area contributed by atoms with Crippen LogP contribution in [-0.2, 0) is 4.74 Å². The molecule has 3 N–H and O–H groups in total. The van der Waals surface area contributed by atoms with Gasteiger partial charge in [-0.3, -0.25) is 9.89 Å². The van der Waals surface area contributed by atoms with Crippen molar-refractivity contribution in [2.75, 3.05) is 12.3 Å². The molecule has 0 aliphatic carbocycles. The molecule has 2 aromatic heterocycles. The number of aryl methyl sites for hydroxylation is 1. The van der Waals surface area contributed by atoms with Crippen LogP contribution in [0.15, 0.2) is 12.4 Å². The molecule has 0 bridgehead atoms. The Balaban J connectivity index is 2.42. The number of ether oxygens (including phenoxy) is 1. The molecule has 0 aromatic carbocycles. The summed E-state index contributed by atoms with van der Waals surface area (Å²) in [5, 5.41) is 10.2. The number of nitrogens with two attached hydrogens (primary N) is 1. The molecule has 19 heavy (non-hydrogen) atoms. The van der Waals surface area contributed by atoms with Gasteiger partial charge in [0, 0.05) is 6.20 Å². The fourth-order valence-corrected chi connectivity index (χ4v) is 1.65. The zero-order valence-electron chi connectivity index (χ0n) is 10.5. The first-order chi connectivity index (χ1) is 9.06. The quantitative estimate of drug-likeness (QED) is 0.772. The third-order valence-corrected chi connectivity index (χ3v) is 2.51. The van der Waals surface area contributed by atoms with E-state index in [-0.39, 0.29) is 18.0 Å². The van der Waals surface area contributed by atoms with Gasteiger partial charge in [-0.05, 0) is 13.8 Å². The van der Waals surface area contributed by atoms with E-state index in [4.69, 9.17) is 10.5 Å². The normalized spacial score (nSPS) is 10.4. The Morgan fingerprint density at radius 1 is 1.53 bits per heavy atom. The van der Waals surface area contributed by atoms with E-state index in [9.17, 15) is 9.59 Å². The lowest BCUT2D eigenvalue weighted by molar-refractivity contribution is 0.0527. The van der Waals surface area contributed by atoms with Crippen LogP contribution in [0, 0.1) is 6.92 Å². The van der Waals surface area contributed by atoms with E-state index in [0.29, 0.717) is 11.3 Å². The van der Waals surface area contributed by atoms with Crippen molar-refractivity contribution in [1.82, 2.24) is 20.0 Å². The maximum absolute atomic E-state index is 12.1. The third kappa shape index (κ3) is 2.19. The SMILES string of the molecule is CCOC(=O)c1c(C)nn(C(=O)c2cn[nH]c2)c1N. The average molecular weight is 263 g/mol. The Hall–Kier alpha value is -2.64. The highest BCUT2D eigenvalue weighted by Crippen LogP contribution is 2.18. The van der Waals surface area contributed by atoms with Crippen LogP contribution in [0.25, 0.3) is 0 Å². The third-order valence-electron chi connectivity index (χ3n) is 2.51. The monoisotopic (exact) mass is 263 g/mol. The highest BCUT2D eigenvalue weighted by Gasteiger charge is 2.24. The first kappa shape index (κ1) is 12.8. The number of rotatable bonds is 3. The Morgan fingerprint density at radius 2 is 2.26 bits per heavy atom. The molecule has 0 amide bonds. The van der Waals surface area contributed by atoms with Crippen LogP contribution in [0.4, 0.5) is 5.82 Å². The Bertz CT molecular complexity index is 615. The summed E-state index contributed by atoms with van der Waals surface area (Å²) in [6, 6.07) is 0. The molecule has 0 atom stereocenters. The molecular weight excluding hydrogens is 250 g/mol. The summed E-state index contributed by atoms with van der Waals surface area (Å²) < 4.78 is 5.84. The zero-order chi connectivity index (χ0) is 14.0. The molecule has 8 heteroatoms. The summed E-state index contributed by atoms with van der Waals surface area (Å²) in [5.41, 5.74) is 6.54. The van der Waals surface area contributed by atoms with Crippen molar-refractivity contribution in [3.8, 4) is 0 Å². The number of esters is 1. The van der Waals surface area contributed by atoms with Gasteiger partial charge in [-0.15, -0.1) is 0 Å². The maximum atomic E-state index is 12.1. The van der Waals surface area contributed by atoms with E-state index in [0.717, 1.165) is 4.68 Å². The fourth-order valence-electron chi connectivity index (χ4n) is 1.65. The molecule has 0 aliphatic heterocycles. The highest BCUT2D eigenvalue weighted by atomic mass is 16.5. The molecule has 0 saturated heterocycles. The van der Waals surface area contributed by atoms with E-state index >= 15 is 0 Å². The summed E-state index contributed by atoms with van der Waals surface area (Å²) in [6.45, 7) is 3.49. The van der Waals surface area contributed by atoms with E-state index < -0.39 is 11.9 Å². The van der Waals surface area contributed by atoms with Crippen LogP contribution in [0.1, 0.15) is 33.3 Å². The molecule has 0 radical (unpaired) electrons. The number of anilines is 1. The van der Waals surface area contributed by atoms with Crippen LogP contribution in [0.5, 0.6) is 0 Å². The van der Waals surface area contributed by atoms with Gasteiger partial charge in [-0.25, -0.2) is 4.79 Å². The summed E-state index contributed by atoms with van der Waals surface area (Å²) in [5.74, 6) is -1.10. The molecule has 0 unspecified atom stereocenters.